The Hall–Kier alpha value is -1.34. The van der Waals surface area contributed by atoms with Gasteiger partial charge in [-0.05, 0) is 27.7 Å². The van der Waals surface area contributed by atoms with Crippen molar-refractivity contribution in [3.05, 3.63) is 0 Å². The Morgan fingerprint density at radius 3 is 2.35 bits per heavy atom. The van der Waals surface area contributed by atoms with E-state index in [1.54, 1.807) is 4.90 Å². The topological polar surface area (TPSA) is 71.1 Å². The number of likely N-dealkylation sites (N-methyl/N-ethyl adjacent to an activating group) is 1. The van der Waals surface area contributed by atoms with Gasteiger partial charge in [0.15, 0.2) is 0 Å². The Kier molecular flexibility index (Phi) is 5.52. The van der Waals surface area contributed by atoms with Gasteiger partial charge in [-0.15, -0.1) is 0 Å². The first-order chi connectivity index (χ1) is 10.8. The third-order valence-electron chi connectivity index (χ3n) is 4.30. The van der Waals surface area contributed by atoms with Gasteiger partial charge in [0, 0.05) is 45.8 Å². The van der Waals surface area contributed by atoms with Crippen LogP contribution in [-0.2, 0) is 14.3 Å². The molecule has 0 aromatic rings. The Labute approximate surface area is 138 Å². The van der Waals surface area contributed by atoms with E-state index >= 15 is 0 Å². The summed E-state index contributed by atoms with van der Waals surface area (Å²) in [7, 11) is 0. The van der Waals surface area contributed by atoms with Crippen LogP contribution >= 0.6 is 0 Å². The minimum Gasteiger partial charge on any atom is -0.444 e. The van der Waals surface area contributed by atoms with Crippen molar-refractivity contribution < 1.29 is 19.1 Å². The van der Waals surface area contributed by atoms with E-state index in [-0.39, 0.29) is 12.0 Å². The summed E-state index contributed by atoms with van der Waals surface area (Å²) in [6.45, 7) is 11.6. The molecule has 2 rings (SSSR count). The Bertz CT molecular complexity index is 433. The Balaban J connectivity index is 1.97. The maximum atomic E-state index is 12.5. The van der Waals surface area contributed by atoms with Crippen LogP contribution in [0.1, 0.15) is 34.1 Å². The third-order valence-corrected chi connectivity index (χ3v) is 4.30. The number of piperazine rings is 1. The fourth-order valence-electron chi connectivity index (χ4n) is 3.09. The Morgan fingerprint density at radius 1 is 1.22 bits per heavy atom. The second-order valence-corrected chi connectivity index (χ2v) is 7.15. The molecule has 1 atom stereocenters. The molecule has 2 aliphatic rings. The molecule has 132 valence electrons. The van der Waals surface area contributed by atoms with E-state index in [2.05, 4.69) is 10.2 Å². The van der Waals surface area contributed by atoms with Crippen LogP contribution in [0.5, 0.6) is 0 Å². The van der Waals surface area contributed by atoms with Gasteiger partial charge in [-0.1, -0.05) is 0 Å². The third kappa shape index (κ3) is 4.14. The molecule has 0 radical (unpaired) electrons. The largest absolute Gasteiger partial charge is 0.444 e. The lowest BCUT2D eigenvalue weighted by atomic mass is 9.94. The van der Waals surface area contributed by atoms with Crippen LogP contribution in [0.2, 0.25) is 0 Å². The van der Waals surface area contributed by atoms with Gasteiger partial charge >= 0.3 is 6.09 Å². The standard InChI is InChI=1S/C16H29N3O4/c1-5-17-13(20)16(6-11-22-12-16)19-9-7-18(8-10-19)14(21)23-15(2,3)4/h5-12H2,1-4H3,(H,17,20)/t16-/m0/s1. The maximum absolute atomic E-state index is 12.5. The molecule has 2 heterocycles. The van der Waals surface area contributed by atoms with Gasteiger partial charge in [-0.3, -0.25) is 9.69 Å². The van der Waals surface area contributed by atoms with E-state index < -0.39 is 11.1 Å². The summed E-state index contributed by atoms with van der Waals surface area (Å²) >= 11 is 0. The van der Waals surface area contributed by atoms with Gasteiger partial charge in [-0.2, -0.15) is 0 Å². The zero-order valence-electron chi connectivity index (χ0n) is 14.7. The van der Waals surface area contributed by atoms with Gasteiger partial charge < -0.3 is 19.7 Å². The smallest absolute Gasteiger partial charge is 0.410 e. The monoisotopic (exact) mass is 327 g/mol. The van der Waals surface area contributed by atoms with Gasteiger partial charge in [0.2, 0.25) is 5.91 Å². The molecule has 7 nitrogen and oxygen atoms in total. The van der Waals surface area contributed by atoms with Crippen molar-refractivity contribution in [1.29, 1.82) is 0 Å². The van der Waals surface area contributed by atoms with Crippen LogP contribution in [0.15, 0.2) is 0 Å². The number of carbonyl (C=O) groups excluding carboxylic acids is 2. The minimum absolute atomic E-state index is 0.0308. The second kappa shape index (κ2) is 7.05. The summed E-state index contributed by atoms with van der Waals surface area (Å²) in [5.74, 6) is 0.0308. The number of rotatable bonds is 3. The maximum Gasteiger partial charge on any atom is 0.410 e. The zero-order chi connectivity index (χ0) is 17.1. The molecule has 0 bridgehead atoms. The van der Waals surface area contributed by atoms with Crippen LogP contribution in [-0.4, -0.2) is 78.9 Å². The van der Waals surface area contributed by atoms with Crippen molar-refractivity contribution in [3.63, 3.8) is 0 Å². The molecule has 0 spiro atoms. The first kappa shape index (κ1) is 18.0. The summed E-state index contributed by atoms with van der Waals surface area (Å²) in [6, 6.07) is 0. The average molecular weight is 327 g/mol. The fourth-order valence-corrected chi connectivity index (χ4v) is 3.09. The molecule has 0 aliphatic carbocycles. The molecule has 2 fully saturated rings. The number of carbonyl (C=O) groups is 2. The zero-order valence-corrected chi connectivity index (χ0v) is 14.7. The molecule has 23 heavy (non-hydrogen) atoms. The van der Waals surface area contributed by atoms with Crippen LogP contribution < -0.4 is 5.32 Å². The van der Waals surface area contributed by atoms with Gasteiger partial charge in [0.1, 0.15) is 11.1 Å². The molecular formula is C16H29N3O4. The molecule has 2 aliphatic heterocycles. The lowest BCUT2D eigenvalue weighted by Crippen LogP contribution is -2.64. The highest BCUT2D eigenvalue weighted by molar-refractivity contribution is 5.87. The first-order valence-electron chi connectivity index (χ1n) is 8.37. The molecule has 7 heteroatoms. The number of hydrogen-bond acceptors (Lipinski definition) is 5. The number of nitrogens with zero attached hydrogens (tertiary/aromatic N) is 2. The molecule has 2 saturated heterocycles. The Morgan fingerprint density at radius 2 is 1.87 bits per heavy atom. The molecule has 0 aromatic heterocycles. The van der Waals surface area contributed by atoms with Crippen LogP contribution in [0.25, 0.3) is 0 Å². The number of nitrogens with one attached hydrogen (secondary N) is 1. The first-order valence-corrected chi connectivity index (χ1v) is 8.37. The number of hydrogen-bond donors (Lipinski definition) is 1. The van der Waals surface area contributed by atoms with E-state index in [0.29, 0.717) is 52.4 Å². The summed E-state index contributed by atoms with van der Waals surface area (Å²) in [5, 5.41) is 2.92. The summed E-state index contributed by atoms with van der Waals surface area (Å²) in [5.41, 5.74) is -1.08. The van der Waals surface area contributed by atoms with E-state index in [1.807, 2.05) is 27.7 Å². The quantitative estimate of drug-likeness (QED) is 0.831. The molecule has 0 aromatic carbocycles. The van der Waals surface area contributed by atoms with Gasteiger partial charge in [0.05, 0.1) is 6.61 Å². The minimum atomic E-state index is -0.587. The van der Waals surface area contributed by atoms with Crippen LogP contribution in [0.4, 0.5) is 4.79 Å². The lowest BCUT2D eigenvalue weighted by molar-refractivity contribution is -0.135. The highest BCUT2D eigenvalue weighted by Gasteiger charge is 2.48. The fraction of sp³-hybridized carbons (Fsp3) is 0.875. The van der Waals surface area contributed by atoms with Crippen LogP contribution in [0, 0.1) is 0 Å². The number of amides is 2. The molecule has 0 saturated carbocycles. The molecule has 0 unspecified atom stereocenters. The van der Waals surface area contributed by atoms with Crippen molar-refractivity contribution >= 4 is 12.0 Å². The van der Waals surface area contributed by atoms with Gasteiger partial charge in [-0.25, -0.2) is 4.79 Å². The lowest BCUT2D eigenvalue weighted by Gasteiger charge is -2.43. The van der Waals surface area contributed by atoms with Crippen molar-refractivity contribution in [3.8, 4) is 0 Å². The summed E-state index contributed by atoms with van der Waals surface area (Å²) in [6.07, 6.45) is 0.414. The predicted octanol–water partition coefficient (Wildman–Crippen LogP) is 0.834. The summed E-state index contributed by atoms with van der Waals surface area (Å²) in [4.78, 5) is 28.5. The predicted molar refractivity (Wildman–Crippen MR) is 86.2 cm³/mol. The molecule has 1 N–H and O–H groups in total. The molecule has 2 amide bonds. The highest BCUT2D eigenvalue weighted by atomic mass is 16.6. The second-order valence-electron chi connectivity index (χ2n) is 7.15. The molecular weight excluding hydrogens is 298 g/mol. The SMILES string of the molecule is CCNC(=O)[C@]1(N2CCN(C(=O)OC(C)(C)C)CC2)CCOC1. The van der Waals surface area contributed by atoms with Crippen molar-refractivity contribution in [2.75, 3.05) is 45.9 Å². The van der Waals surface area contributed by atoms with Gasteiger partial charge in [0.25, 0.3) is 0 Å². The van der Waals surface area contributed by atoms with E-state index in [1.165, 1.54) is 0 Å². The van der Waals surface area contributed by atoms with Crippen LogP contribution in [0.3, 0.4) is 0 Å². The van der Waals surface area contributed by atoms with Crippen molar-refractivity contribution in [2.45, 2.75) is 45.3 Å². The van der Waals surface area contributed by atoms with E-state index in [4.69, 9.17) is 9.47 Å². The van der Waals surface area contributed by atoms with Crippen molar-refractivity contribution in [2.24, 2.45) is 0 Å². The summed E-state index contributed by atoms with van der Waals surface area (Å²) < 4.78 is 10.9. The number of ether oxygens (including phenoxy) is 2. The average Bonchev–Trinajstić information content (AvgIpc) is 2.97. The highest BCUT2D eigenvalue weighted by Crippen LogP contribution is 2.28. The normalized spacial score (nSPS) is 26.2. The van der Waals surface area contributed by atoms with E-state index in [0.717, 1.165) is 0 Å². The van der Waals surface area contributed by atoms with Crippen molar-refractivity contribution in [1.82, 2.24) is 15.1 Å². The van der Waals surface area contributed by atoms with E-state index in [9.17, 15) is 9.59 Å².